The normalized spacial score (nSPS) is 12.9. The molecule has 21 heavy (non-hydrogen) atoms. The van der Waals surface area contributed by atoms with Crippen LogP contribution in [0.3, 0.4) is 0 Å². The van der Waals surface area contributed by atoms with Crippen LogP contribution in [0.5, 0.6) is 0 Å². The smallest absolute Gasteiger partial charge is 0.240 e. The van der Waals surface area contributed by atoms with Gasteiger partial charge in [0.2, 0.25) is 10.0 Å². The van der Waals surface area contributed by atoms with Crippen LogP contribution in [0.1, 0.15) is 40.2 Å². The first-order valence-electron chi connectivity index (χ1n) is 7.03. The van der Waals surface area contributed by atoms with Crippen LogP contribution < -0.4 is 10.0 Å². The fraction of sp³-hybridized carbons (Fsp3) is 0.600. The van der Waals surface area contributed by atoms with Crippen molar-refractivity contribution in [2.24, 2.45) is 5.41 Å². The molecule has 1 aromatic rings. The molecular formula is C15H25FN2O2S. The summed E-state index contributed by atoms with van der Waals surface area (Å²) >= 11 is 0. The van der Waals surface area contributed by atoms with E-state index in [1.165, 1.54) is 18.2 Å². The van der Waals surface area contributed by atoms with Crippen molar-refractivity contribution in [2.45, 2.75) is 52.1 Å². The average Bonchev–Trinajstić information content (AvgIpc) is 2.34. The molecular weight excluding hydrogens is 291 g/mol. The van der Waals surface area contributed by atoms with E-state index in [0.29, 0.717) is 18.7 Å². The first-order chi connectivity index (χ1) is 9.51. The molecule has 0 atom stereocenters. The number of hydrogen-bond donors (Lipinski definition) is 2. The summed E-state index contributed by atoms with van der Waals surface area (Å²) in [4.78, 5) is 0.0914. The van der Waals surface area contributed by atoms with E-state index in [1.54, 1.807) is 0 Å². The van der Waals surface area contributed by atoms with Crippen molar-refractivity contribution in [1.82, 2.24) is 10.0 Å². The van der Waals surface area contributed by atoms with Crippen LogP contribution in [0.4, 0.5) is 4.39 Å². The molecule has 0 spiro atoms. The highest BCUT2D eigenvalue weighted by atomic mass is 32.2. The van der Waals surface area contributed by atoms with Crippen LogP contribution in [-0.2, 0) is 16.6 Å². The van der Waals surface area contributed by atoms with Gasteiger partial charge in [-0.25, -0.2) is 17.5 Å². The molecule has 0 amide bonds. The van der Waals surface area contributed by atoms with Crippen molar-refractivity contribution in [3.05, 3.63) is 29.6 Å². The van der Waals surface area contributed by atoms with E-state index in [4.69, 9.17) is 0 Å². The van der Waals surface area contributed by atoms with Gasteiger partial charge in [-0.1, -0.05) is 34.6 Å². The predicted octanol–water partition coefficient (Wildman–Crippen LogP) is 2.65. The molecule has 0 unspecified atom stereocenters. The minimum Gasteiger partial charge on any atom is -0.310 e. The van der Waals surface area contributed by atoms with Gasteiger partial charge < -0.3 is 5.32 Å². The number of sulfonamides is 1. The summed E-state index contributed by atoms with van der Waals surface area (Å²) in [5, 5.41) is 3.08. The zero-order valence-electron chi connectivity index (χ0n) is 13.3. The molecule has 0 saturated carbocycles. The lowest BCUT2D eigenvalue weighted by molar-refractivity contribution is 0.407. The van der Waals surface area contributed by atoms with Crippen LogP contribution >= 0.6 is 0 Å². The van der Waals surface area contributed by atoms with Gasteiger partial charge in [0.15, 0.2) is 0 Å². The van der Waals surface area contributed by atoms with Crippen molar-refractivity contribution in [2.75, 3.05) is 6.54 Å². The maximum absolute atomic E-state index is 13.7. The second-order valence-corrected chi connectivity index (χ2v) is 8.44. The van der Waals surface area contributed by atoms with Crippen molar-refractivity contribution in [3.8, 4) is 0 Å². The SMILES string of the molecule is CC(C)NCc1cc(S(=O)(=O)NCC(C)(C)C)ccc1F. The lowest BCUT2D eigenvalue weighted by Crippen LogP contribution is -2.32. The van der Waals surface area contributed by atoms with E-state index in [1.807, 2.05) is 34.6 Å². The van der Waals surface area contributed by atoms with Crippen LogP contribution in [0.15, 0.2) is 23.1 Å². The predicted molar refractivity (Wildman–Crippen MR) is 83.0 cm³/mol. The van der Waals surface area contributed by atoms with Gasteiger partial charge in [-0.2, -0.15) is 0 Å². The molecule has 2 N–H and O–H groups in total. The Balaban J connectivity index is 2.94. The van der Waals surface area contributed by atoms with Crippen LogP contribution in [-0.4, -0.2) is 21.0 Å². The van der Waals surface area contributed by atoms with Gasteiger partial charge in [-0.05, 0) is 23.6 Å². The lowest BCUT2D eigenvalue weighted by Gasteiger charge is -2.19. The summed E-state index contributed by atoms with van der Waals surface area (Å²) in [7, 11) is -3.62. The summed E-state index contributed by atoms with van der Waals surface area (Å²) in [6.45, 7) is 10.3. The molecule has 120 valence electrons. The summed E-state index contributed by atoms with van der Waals surface area (Å²) < 4.78 is 40.7. The molecule has 4 nitrogen and oxygen atoms in total. The van der Waals surface area contributed by atoms with Gasteiger partial charge in [0.25, 0.3) is 0 Å². The minimum atomic E-state index is -3.62. The molecule has 0 aliphatic carbocycles. The van der Waals surface area contributed by atoms with E-state index in [9.17, 15) is 12.8 Å². The molecule has 1 rings (SSSR count). The standard InChI is InChI=1S/C15H25FN2O2S/c1-11(2)17-9-12-8-13(6-7-14(12)16)21(19,20)18-10-15(3,4)5/h6-8,11,17-18H,9-10H2,1-5H3. The topological polar surface area (TPSA) is 58.2 Å². The van der Waals surface area contributed by atoms with Gasteiger partial charge in [-0.15, -0.1) is 0 Å². The molecule has 0 aliphatic heterocycles. The second-order valence-electron chi connectivity index (χ2n) is 6.67. The maximum Gasteiger partial charge on any atom is 0.240 e. The van der Waals surface area contributed by atoms with E-state index >= 15 is 0 Å². The minimum absolute atomic E-state index is 0.0914. The molecule has 0 aromatic heterocycles. The second kappa shape index (κ2) is 6.85. The quantitative estimate of drug-likeness (QED) is 0.848. The van der Waals surface area contributed by atoms with Gasteiger partial charge >= 0.3 is 0 Å². The number of nitrogens with one attached hydrogen (secondary N) is 2. The van der Waals surface area contributed by atoms with Crippen LogP contribution in [0, 0.1) is 11.2 Å². The van der Waals surface area contributed by atoms with E-state index in [-0.39, 0.29) is 16.4 Å². The van der Waals surface area contributed by atoms with Crippen molar-refractivity contribution in [1.29, 1.82) is 0 Å². The molecule has 1 aromatic carbocycles. The number of benzene rings is 1. The molecule has 0 bridgehead atoms. The van der Waals surface area contributed by atoms with Gasteiger partial charge in [-0.3, -0.25) is 0 Å². The number of hydrogen-bond acceptors (Lipinski definition) is 3. The zero-order valence-corrected chi connectivity index (χ0v) is 14.1. The van der Waals surface area contributed by atoms with Gasteiger partial charge in [0.1, 0.15) is 5.82 Å². The Labute approximate surface area is 127 Å². The maximum atomic E-state index is 13.7. The largest absolute Gasteiger partial charge is 0.310 e. The fourth-order valence-electron chi connectivity index (χ4n) is 1.56. The molecule has 0 saturated heterocycles. The van der Waals surface area contributed by atoms with E-state index in [2.05, 4.69) is 10.0 Å². The third-order valence-electron chi connectivity index (χ3n) is 2.82. The van der Waals surface area contributed by atoms with E-state index in [0.717, 1.165) is 0 Å². The third-order valence-corrected chi connectivity index (χ3v) is 4.22. The van der Waals surface area contributed by atoms with Gasteiger partial charge in [0.05, 0.1) is 4.90 Å². The lowest BCUT2D eigenvalue weighted by atomic mass is 9.98. The Bertz CT molecular complexity index is 578. The highest BCUT2D eigenvalue weighted by Gasteiger charge is 2.19. The molecule has 0 fully saturated rings. The summed E-state index contributed by atoms with van der Waals surface area (Å²) in [5.74, 6) is -0.405. The van der Waals surface area contributed by atoms with Gasteiger partial charge in [0, 0.05) is 24.7 Å². The van der Waals surface area contributed by atoms with Crippen LogP contribution in [0.25, 0.3) is 0 Å². The average molecular weight is 316 g/mol. The summed E-state index contributed by atoms with van der Waals surface area (Å²) in [5.41, 5.74) is 0.192. The molecule has 0 radical (unpaired) electrons. The Kier molecular flexibility index (Phi) is 5.90. The van der Waals surface area contributed by atoms with Crippen molar-refractivity contribution >= 4 is 10.0 Å². The van der Waals surface area contributed by atoms with E-state index < -0.39 is 15.8 Å². The Hall–Kier alpha value is -0.980. The highest BCUT2D eigenvalue weighted by molar-refractivity contribution is 7.89. The fourth-order valence-corrected chi connectivity index (χ4v) is 2.90. The van der Waals surface area contributed by atoms with Crippen LogP contribution in [0.2, 0.25) is 0 Å². The number of rotatable bonds is 6. The molecule has 0 heterocycles. The number of halogens is 1. The summed E-state index contributed by atoms with van der Waals surface area (Å²) in [6.07, 6.45) is 0. The first-order valence-corrected chi connectivity index (χ1v) is 8.51. The van der Waals surface area contributed by atoms with Crippen molar-refractivity contribution < 1.29 is 12.8 Å². The Morgan fingerprint density at radius 3 is 2.38 bits per heavy atom. The first kappa shape index (κ1) is 18.1. The Morgan fingerprint density at radius 2 is 1.86 bits per heavy atom. The molecule has 0 aliphatic rings. The van der Waals surface area contributed by atoms with Crippen molar-refractivity contribution in [3.63, 3.8) is 0 Å². The monoisotopic (exact) mass is 316 g/mol. The molecule has 6 heteroatoms. The zero-order chi connectivity index (χ0) is 16.3. The highest BCUT2D eigenvalue weighted by Crippen LogP contribution is 2.17. The third kappa shape index (κ3) is 6.11. The Morgan fingerprint density at radius 1 is 1.24 bits per heavy atom. The summed E-state index contributed by atoms with van der Waals surface area (Å²) in [6, 6.07) is 4.07.